The van der Waals surface area contributed by atoms with Gasteiger partial charge in [-0.05, 0) is 11.8 Å². The topological polar surface area (TPSA) is 66.4 Å². The Morgan fingerprint density at radius 1 is 1.21 bits per heavy atom. The van der Waals surface area contributed by atoms with Crippen molar-refractivity contribution in [2.24, 2.45) is 5.41 Å². The van der Waals surface area contributed by atoms with Gasteiger partial charge in [-0.1, -0.05) is 20.8 Å². The summed E-state index contributed by atoms with van der Waals surface area (Å²) in [6.07, 6.45) is 1.26. The Morgan fingerprint density at radius 3 is 2.21 bits per heavy atom. The number of rotatable bonds is 5. The van der Waals surface area contributed by atoms with Crippen LogP contribution >= 0.6 is 0 Å². The zero-order valence-corrected chi connectivity index (χ0v) is 9.09. The van der Waals surface area contributed by atoms with Crippen molar-refractivity contribution < 1.29 is 14.7 Å². The summed E-state index contributed by atoms with van der Waals surface area (Å²) < 4.78 is 0. The van der Waals surface area contributed by atoms with E-state index in [0.29, 0.717) is 6.42 Å². The summed E-state index contributed by atoms with van der Waals surface area (Å²) in [4.78, 5) is 21.3. The lowest BCUT2D eigenvalue weighted by Gasteiger charge is -2.17. The molecule has 0 heterocycles. The van der Waals surface area contributed by atoms with E-state index in [1.807, 2.05) is 0 Å². The van der Waals surface area contributed by atoms with Crippen LogP contribution in [0.5, 0.6) is 0 Å². The van der Waals surface area contributed by atoms with Crippen LogP contribution in [0.3, 0.4) is 0 Å². The number of carbonyl (C=O) groups excluding carboxylic acids is 1. The SMILES string of the molecule is CC(C)(C)CCC(=O)NCCC(=O)O. The summed E-state index contributed by atoms with van der Waals surface area (Å²) in [7, 11) is 0. The third-order valence-corrected chi connectivity index (χ3v) is 1.76. The standard InChI is InChI=1S/C10H19NO3/c1-10(2,3)6-4-8(12)11-7-5-9(13)14/h4-7H2,1-3H3,(H,11,12)(H,13,14). The monoisotopic (exact) mass is 201 g/mol. The number of hydrogen-bond acceptors (Lipinski definition) is 2. The number of hydrogen-bond donors (Lipinski definition) is 2. The highest BCUT2D eigenvalue weighted by molar-refractivity contribution is 5.76. The van der Waals surface area contributed by atoms with Gasteiger partial charge in [0, 0.05) is 13.0 Å². The zero-order valence-electron chi connectivity index (χ0n) is 9.09. The summed E-state index contributed by atoms with van der Waals surface area (Å²) in [5.41, 5.74) is 0.143. The Morgan fingerprint density at radius 2 is 1.79 bits per heavy atom. The van der Waals surface area contributed by atoms with Crippen LogP contribution < -0.4 is 5.32 Å². The van der Waals surface area contributed by atoms with Crippen molar-refractivity contribution in [1.29, 1.82) is 0 Å². The van der Waals surface area contributed by atoms with E-state index < -0.39 is 5.97 Å². The molecular weight excluding hydrogens is 182 g/mol. The number of carboxylic acid groups (broad SMARTS) is 1. The van der Waals surface area contributed by atoms with Crippen LogP contribution in [0.2, 0.25) is 0 Å². The molecule has 0 aromatic carbocycles. The van der Waals surface area contributed by atoms with Crippen molar-refractivity contribution in [3.63, 3.8) is 0 Å². The summed E-state index contributed by atoms with van der Waals surface area (Å²) in [6, 6.07) is 0. The Labute approximate surface area is 84.7 Å². The van der Waals surface area contributed by atoms with Gasteiger partial charge in [-0.15, -0.1) is 0 Å². The minimum Gasteiger partial charge on any atom is -0.481 e. The molecule has 14 heavy (non-hydrogen) atoms. The van der Waals surface area contributed by atoms with Crippen molar-refractivity contribution in [3.05, 3.63) is 0 Å². The fourth-order valence-corrected chi connectivity index (χ4v) is 0.886. The van der Waals surface area contributed by atoms with Crippen LogP contribution in [0, 0.1) is 5.41 Å². The lowest BCUT2D eigenvalue weighted by molar-refractivity contribution is -0.136. The van der Waals surface area contributed by atoms with Crippen molar-refractivity contribution in [1.82, 2.24) is 5.32 Å². The lowest BCUT2D eigenvalue weighted by atomic mass is 9.90. The first-order chi connectivity index (χ1) is 6.31. The predicted molar refractivity (Wildman–Crippen MR) is 54.0 cm³/mol. The molecule has 0 radical (unpaired) electrons. The van der Waals surface area contributed by atoms with Gasteiger partial charge in [-0.3, -0.25) is 9.59 Å². The number of nitrogens with one attached hydrogen (secondary N) is 1. The molecule has 0 atom stereocenters. The second kappa shape index (κ2) is 5.62. The second-order valence-corrected chi connectivity index (χ2v) is 4.55. The Hall–Kier alpha value is -1.06. The number of amides is 1. The molecule has 0 fully saturated rings. The quantitative estimate of drug-likeness (QED) is 0.706. The van der Waals surface area contributed by atoms with E-state index in [4.69, 9.17) is 5.11 Å². The Bertz CT molecular complexity index is 206. The van der Waals surface area contributed by atoms with E-state index in [1.54, 1.807) is 0 Å². The van der Waals surface area contributed by atoms with E-state index >= 15 is 0 Å². The molecule has 0 aliphatic rings. The van der Waals surface area contributed by atoms with Gasteiger partial charge in [0.15, 0.2) is 0 Å². The largest absolute Gasteiger partial charge is 0.481 e. The fourth-order valence-electron chi connectivity index (χ4n) is 0.886. The summed E-state index contributed by atoms with van der Waals surface area (Å²) in [5.74, 6) is -0.956. The molecule has 0 saturated heterocycles. The summed E-state index contributed by atoms with van der Waals surface area (Å²) >= 11 is 0. The summed E-state index contributed by atoms with van der Waals surface area (Å²) in [6.45, 7) is 6.42. The van der Waals surface area contributed by atoms with Crippen LogP contribution in [0.1, 0.15) is 40.0 Å². The van der Waals surface area contributed by atoms with Gasteiger partial charge in [-0.2, -0.15) is 0 Å². The maximum Gasteiger partial charge on any atom is 0.305 e. The van der Waals surface area contributed by atoms with Crippen LogP contribution in [-0.2, 0) is 9.59 Å². The highest BCUT2D eigenvalue weighted by atomic mass is 16.4. The van der Waals surface area contributed by atoms with Crippen LogP contribution in [0.15, 0.2) is 0 Å². The molecule has 0 spiro atoms. The molecule has 0 aliphatic heterocycles. The van der Waals surface area contributed by atoms with Crippen molar-refractivity contribution in [3.8, 4) is 0 Å². The molecule has 4 nitrogen and oxygen atoms in total. The van der Waals surface area contributed by atoms with Gasteiger partial charge in [0.2, 0.25) is 5.91 Å². The van der Waals surface area contributed by atoms with Crippen LogP contribution in [-0.4, -0.2) is 23.5 Å². The number of aliphatic carboxylic acids is 1. The maximum absolute atomic E-state index is 11.2. The molecule has 82 valence electrons. The molecule has 0 aromatic heterocycles. The lowest BCUT2D eigenvalue weighted by Crippen LogP contribution is -2.26. The van der Waals surface area contributed by atoms with Gasteiger partial charge in [0.1, 0.15) is 0 Å². The third kappa shape index (κ3) is 9.03. The Balaban J connectivity index is 3.52. The minimum absolute atomic E-state index is 0.0126. The fraction of sp³-hybridized carbons (Fsp3) is 0.800. The first kappa shape index (κ1) is 12.9. The van der Waals surface area contributed by atoms with E-state index in [0.717, 1.165) is 6.42 Å². The van der Waals surface area contributed by atoms with Gasteiger partial charge in [0.25, 0.3) is 0 Å². The third-order valence-electron chi connectivity index (χ3n) is 1.76. The zero-order chi connectivity index (χ0) is 11.2. The van der Waals surface area contributed by atoms with E-state index in [2.05, 4.69) is 26.1 Å². The molecule has 2 N–H and O–H groups in total. The molecular formula is C10H19NO3. The van der Waals surface area contributed by atoms with Crippen molar-refractivity contribution in [2.75, 3.05) is 6.54 Å². The Kier molecular flexibility index (Phi) is 5.20. The van der Waals surface area contributed by atoms with Gasteiger partial charge >= 0.3 is 5.97 Å². The van der Waals surface area contributed by atoms with Crippen molar-refractivity contribution >= 4 is 11.9 Å². The van der Waals surface area contributed by atoms with Crippen LogP contribution in [0.4, 0.5) is 0 Å². The molecule has 0 rings (SSSR count). The normalized spacial score (nSPS) is 11.1. The number of carbonyl (C=O) groups is 2. The first-order valence-electron chi connectivity index (χ1n) is 4.80. The van der Waals surface area contributed by atoms with Crippen LogP contribution in [0.25, 0.3) is 0 Å². The van der Waals surface area contributed by atoms with E-state index in [1.165, 1.54) is 0 Å². The highest BCUT2D eigenvalue weighted by Crippen LogP contribution is 2.19. The van der Waals surface area contributed by atoms with Gasteiger partial charge in [-0.25, -0.2) is 0 Å². The molecule has 0 saturated carbocycles. The van der Waals surface area contributed by atoms with Gasteiger partial charge < -0.3 is 10.4 Å². The molecule has 0 bridgehead atoms. The minimum atomic E-state index is -0.888. The molecule has 0 aromatic rings. The molecule has 0 aliphatic carbocycles. The number of carboxylic acids is 1. The van der Waals surface area contributed by atoms with E-state index in [9.17, 15) is 9.59 Å². The van der Waals surface area contributed by atoms with Gasteiger partial charge in [0.05, 0.1) is 6.42 Å². The average molecular weight is 201 g/mol. The molecule has 4 heteroatoms. The predicted octanol–water partition coefficient (Wildman–Crippen LogP) is 1.40. The summed E-state index contributed by atoms with van der Waals surface area (Å²) in [5, 5.41) is 10.9. The van der Waals surface area contributed by atoms with E-state index in [-0.39, 0.29) is 24.3 Å². The average Bonchev–Trinajstić information content (AvgIpc) is 1.99. The maximum atomic E-state index is 11.2. The highest BCUT2D eigenvalue weighted by Gasteiger charge is 2.12. The van der Waals surface area contributed by atoms with Crippen molar-refractivity contribution in [2.45, 2.75) is 40.0 Å². The molecule has 0 unspecified atom stereocenters. The first-order valence-corrected chi connectivity index (χ1v) is 4.80. The molecule has 1 amide bonds. The second-order valence-electron chi connectivity index (χ2n) is 4.55. The smallest absolute Gasteiger partial charge is 0.305 e.